The molecule has 1 aliphatic rings. The van der Waals surface area contributed by atoms with Gasteiger partial charge in [0, 0.05) is 33.8 Å². The SMILES string of the molecule is CC(=O)OC[C@@H]1O[C@@H]([n+]2cccc(C(N)=O)c2)[C@@H](OC(C)=O)[C@@H](OC(C)=O)[C@H]1OC(C)=O. The van der Waals surface area contributed by atoms with Crippen molar-refractivity contribution in [1.29, 1.82) is 0 Å². The summed E-state index contributed by atoms with van der Waals surface area (Å²) >= 11 is 0. The molecule has 0 unspecified atom stereocenters. The Morgan fingerprint density at radius 2 is 1.47 bits per heavy atom. The summed E-state index contributed by atoms with van der Waals surface area (Å²) in [5.74, 6) is -3.54. The lowest BCUT2D eigenvalue weighted by Crippen LogP contribution is -2.65. The monoisotopic (exact) mass is 453 g/mol. The molecular weight excluding hydrogens is 428 g/mol. The van der Waals surface area contributed by atoms with Gasteiger partial charge in [0.2, 0.25) is 6.10 Å². The fourth-order valence-corrected chi connectivity index (χ4v) is 3.24. The van der Waals surface area contributed by atoms with Crippen molar-refractivity contribution in [2.24, 2.45) is 5.73 Å². The molecule has 2 heterocycles. The molecule has 1 aromatic rings. The molecule has 1 aliphatic heterocycles. The first kappa shape index (κ1) is 24.7. The minimum Gasteiger partial charge on any atom is -0.463 e. The number of hydrogen-bond donors (Lipinski definition) is 1. The highest BCUT2D eigenvalue weighted by Crippen LogP contribution is 2.32. The molecule has 2 N–H and O–H groups in total. The number of primary amides is 1. The largest absolute Gasteiger partial charge is 0.463 e. The molecule has 1 amide bonds. The molecule has 12 nitrogen and oxygen atoms in total. The lowest BCUT2D eigenvalue weighted by atomic mass is 9.97. The van der Waals surface area contributed by atoms with Gasteiger partial charge >= 0.3 is 30.1 Å². The van der Waals surface area contributed by atoms with Crippen LogP contribution in [-0.4, -0.2) is 60.8 Å². The first-order valence-corrected chi connectivity index (χ1v) is 9.60. The summed E-state index contributed by atoms with van der Waals surface area (Å²) in [5.41, 5.74) is 5.47. The molecule has 12 heteroatoms. The van der Waals surface area contributed by atoms with Crippen LogP contribution < -0.4 is 10.3 Å². The number of aromatic nitrogens is 1. The van der Waals surface area contributed by atoms with Crippen LogP contribution in [-0.2, 0) is 42.9 Å². The van der Waals surface area contributed by atoms with E-state index in [9.17, 15) is 24.0 Å². The fraction of sp³-hybridized carbons (Fsp3) is 0.500. The fourth-order valence-electron chi connectivity index (χ4n) is 3.24. The van der Waals surface area contributed by atoms with E-state index in [0.717, 1.165) is 20.8 Å². The Morgan fingerprint density at radius 3 is 2.00 bits per heavy atom. The molecule has 0 spiro atoms. The number of esters is 4. The smallest absolute Gasteiger partial charge is 0.304 e. The highest BCUT2D eigenvalue weighted by molar-refractivity contribution is 5.92. The number of carbonyl (C=O) groups excluding carboxylic acids is 5. The molecule has 1 aromatic heterocycles. The predicted molar refractivity (Wildman–Crippen MR) is 102 cm³/mol. The first-order valence-electron chi connectivity index (χ1n) is 9.60. The number of nitrogens with zero attached hydrogens (tertiary/aromatic N) is 1. The van der Waals surface area contributed by atoms with Crippen molar-refractivity contribution in [2.75, 3.05) is 6.61 Å². The van der Waals surface area contributed by atoms with Crippen molar-refractivity contribution in [3.8, 4) is 0 Å². The molecule has 0 radical (unpaired) electrons. The number of carbonyl (C=O) groups is 5. The summed E-state index contributed by atoms with van der Waals surface area (Å²) in [5, 5.41) is 0. The van der Waals surface area contributed by atoms with Gasteiger partial charge in [-0.3, -0.25) is 24.0 Å². The van der Waals surface area contributed by atoms with Crippen LogP contribution in [0, 0.1) is 0 Å². The van der Waals surface area contributed by atoms with Gasteiger partial charge in [-0.1, -0.05) is 0 Å². The van der Waals surface area contributed by atoms with E-state index in [0.29, 0.717) is 0 Å². The van der Waals surface area contributed by atoms with Gasteiger partial charge in [-0.2, -0.15) is 4.57 Å². The van der Waals surface area contributed by atoms with Crippen molar-refractivity contribution in [2.45, 2.75) is 58.3 Å². The van der Waals surface area contributed by atoms with Crippen molar-refractivity contribution in [3.05, 3.63) is 30.1 Å². The van der Waals surface area contributed by atoms with E-state index >= 15 is 0 Å². The highest BCUT2D eigenvalue weighted by Gasteiger charge is 2.56. The number of rotatable bonds is 7. The van der Waals surface area contributed by atoms with Crippen molar-refractivity contribution < 1.29 is 52.2 Å². The number of ether oxygens (including phenoxy) is 5. The van der Waals surface area contributed by atoms with Crippen LogP contribution in [0.15, 0.2) is 24.5 Å². The molecule has 32 heavy (non-hydrogen) atoms. The van der Waals surface area contributed by atoms with Crippen LogP contribution in [0.3, 0.4) is 0 Å². The van der Waals surface area contributed by atoms with E-state index in [1.54, 1.807) is 0 Å². The van der Waals surface area contributed by atoms with Crippen LogP contribution >= 0.6 is 0 Å². The lowest BCUT2D eigenvalue weighted by molar-refractivity contribution is -0.777. The summed E-state index contributed by atoms with van der Waals surface area (Å²) in [7, 11) is 0. The molecule has 1 fully saturated rings. The minimum absolute atomic E-state index is 0.125. The molecule has 5 atom stereocenters. The Morgan fingerprint density at radius 1 is 0.906 bits per heavy atom. The van der Waals surface area contributed by atoms with Crippen LogP contribution in [0.1, 0.15) is 44.3 Å². The van der Waals surface area contributed by atoms with E-state index in [2.05, 4.69) is 0 Å². The molecule has 1 saturated heterocycles. The zero-order valence-corrected chi connectivity index (χ0v) is 18.0. The predicted octanol–water partition coefficient (Wildman–Crippen LogP) is -0.671. The Hall–Kier alpha value is -3.54. The van der Waals surface area contributed by atoms with Gasteiger partial charge in [0.1, 0.15) is 18.3 Å². The third-order valence-electron chi connectivity index (χ3n) is 4.37. The highest BCUT2D eigenvalue weighted by atomic mass is 16.7. The third-order valence-corrected chi connectivity index (χ3v) is 4.37. The second kappa shape index (κ2) is 10.7. The Labute approximate surface area is 183 Å². The Bertz CT molecular complexity index is 902. The van der Waals surface area contributed by atoms with Gasteiger partial charge in [0.15, 0.2) is 24.6 Å². The van der Waals surface area contributed by atoms with Crippen molar-refractivity contribution in [1.82, 2.24) is 0 Å². The quantitative estimate of drug-likeness (QED) is 0.318. The number of pyridine rings is 1. The number of hydrogen-bond acceptors (Lipinski definition) is 10. The maximum absolute atomic E-state index is 11.8. The topological polar surface area (TPSA) is 161 Å². The lowest BCUT2D eigenvalue weighted by Gasteiger charge is -2.41. The van der Waals surface area contributed by atoms with Crippen molar-refractivity contribution >= 4 is 29.8 Å². The van der Waals surface area contributed by atoms with Gasteiger partial charge < -0.3 is 29.4 Å². The Kier molecular flexibility index (Phi) is 8.24. The standard InChI is InChI=1S/C20H24N2O10/c1-10(23)28-9-15-16(29-11(2)24)17(30-12(3)25)18(31-13(4)26)20(32-15)22-7-5-6-14(8-22)19(21)27/h5-8,15-18,20H,9H2,1-4H3,(H-,21,27)/p+1/t15-,16-,17-,18-,20+/m0/s1. The van der Waals surface area contributed by atoms with Crippen LogP contribution in [0.5, 0.6) is 0 Å². The summed E-state index contributed by atoms with van der Waals surface area (Å²) < 4.78 is 28.4. The third kappa shape index (κ3) is 6.48. The molecule has 0 saturated carbocycles. The van der Waals surface area contributed by atoms with Gasteiger partial charge in [-0.25, -0.2) is 0 Å². The second-order valence-electron chi connectivity index (χ2n) is 6.99. The van der Waals surface area contributed by atoms with E-state index in [-0.39, 0.29) is 12.2 Å². The molecule has 2 rings (SSSR count). The summed E-state index contributed by atoms with van der Waals surface area (Å²) in [6, 6.07) is 2.97. The van der Waals surface area contributed by atoms with E-state index in [4.69, 9.17) is 29.4 Å². The normalized spacial score (nSPS) is 24.7. The number of nitrogens with two attached hydrogens (primary N) is 1. The maximum atomic E-state index is 11.8. The Balaban J connectivity index is 2.58. The van der Waals surface area contributed by atoms with Crippen LogP contribution in [0.4, 0.5) is 0 Å². The van der Waals surface area contributed by atoms with Crippen LogP contribution in [0.25, 0.3) is 0 Å². The van der Waals surface area contributed by atoms with Gasteiger partial charge in [-0.15, -0.1) is 0 Å². The minimum atomic E-state index is -1.32. The molecule has 174 valence electrons. The molecule has 0 aromatic carbocycles. The van der Waals surface area contributed by atoms with E-state index < -0.39 is 60.4 Å². The second-order valence-corrected chi connectivity index (χ2v) is 6.99. The first-order chi connectivity index (χ1) is 15.0. The van der Waals surface area contributed by atoms with Gasteiger partial charge in [-0.05, 0) is 6.07 Å². The van der Waals surface area contributed by atoms with E-state index in [1.165, 1.54) is 36.0 Å². The molecule has 0 aliphatic carbocycles. The average molecular weight is 453 g/mol. The summed E-state index contributed by atoms with van der Waals surface area (Å²) in [4.78, 5) is 58.4. The number of amides is 1. The van der Waals surface area contributed by atoms with Gasteiger partial charge in [0.25, 0.3) is 5.91 Å². The van der Waals surface area contributed by atoms with Crippen molar-refractivity contribution in [3.63, 3.8) is 0 Å². The van der Waals surface area contributed by atoms with Gasteiger partial charge in [0.05, 0.1) is 0 Å². The molecule has 0 bridgehead atoms. The zero-order valence-electron chi connectivity index (χ0n) is 18.0. The average Bonchev–Trinajstić information content (AvgIpc) is 2.68. The van der Waals surface area contributed by atoms with Crippen LogP contribution in [0.2, 0.25) is 0 Å². The van der Waals surface area contributed by atoms with E-state index in [1.807, 2.05) is 0 Å². The summed E-state index contributed by atoms with van der Waals surface area (Å²) in [6.45, 7) is 4.22. The maximum Gasteiger partial charge on any atom is 0.304 e. The molecular formula is C20H25N2O10+. The zero-order chi connectivity index (χ0) is 24.0. The summed E-state index contributed by atoms with van der Waals surface area (Å²) in [6.07, 6.45) is -3.27.